The van der Waals surface area contributed by atoms with Crippen LogP contribution >= 0.6 is 0 Å². The van der Waals surface area contributed by atoms with E-state index in [1.165, 1.54) is 0 Å². The summed E-state index contributed by atoms with van der Waals surface area (Å²) in [6, 6.07) is 1.16. The maximum absolute atomic E-state index is 13.1. The Balaban J connectivity index is 1.87. The molecule has 1 unspecified atom stereocenters. The van der Waals surface area contributed by atoms with E-state index in [2.05, 4.69) is 85.0 Å². The van der Waals surface area contributed by atoms with E-state index in [0.29, 0.717) is 18.6 Å². The van der Waals surface area contributed by atoms with Crippen LogP contribution in [-0.4, -0.2) is 86.6 Å². The van der Waals surface area contributed by atoms with Crippen LogP contribution in [0.1, 0.15) is 74.3 Å². The van der Waals surface area contributed by atoms with Gasteiger partial charge in [0.2, 0.25) is 11.9 Å². The number of aromatic nitrogens is 4. The Hall–Kier alpha value is -2.42. The number of fused-ring (bicyclic) bond motifs is 1. The van der Waals surface area contributed by atoms with E-state index in [1.54, 1.807) is 6.33 Å². The molecule has 0 aliphatic carbocycles. The lowest BCUT2D eigenvalue weighted by Gasteiger charge is -2.35. The molecule has 3 rings (SSSR count). The largest absolute Gasteiger partial charge is 0.367 e. The first-order chi connectivity index (χ1) is 16.7. The van der Waals surface area contributed by atoms with Gasteiger partial charge in [-0.2, -0.15) is 0 Å². The van der Waals surface area contributed by atoms with Crippen molar-refractivity contribution in [2.24, 2.45) is 5.92 Å². The Morgan fingerprint density at radius 3 is 2.40 bits per heavy atom. The van der Waals surface area contributed by atoms with Gasteiger partial charge >= 0.3 is 0 Å². The first-order valence-corrected chi connectivity index (χ1v) is 13.5. The SMILES string of the molecule is CCN(CC)C(=O)C1CCCN(c2nc3c(NCCN(C(C)C)C(C)C)ncnc3n2C(C)C)C1. The lowest BCUT2D eigenvalue weighted by molar-refractivity contribution is -0.135. The van der Waals surface area contributed by atoms with Crippen molar-refractivity contribution in [2.75, 3.05) is 49.5 Å². The molecule has 0 saturated carbocycles. The van der Waals surface area contributed by atoms with Crippen molar-refractivity contribution in [3.05, 3.63) is 6.33 Å². The summed E-state index contributed by atoms with van der Waals surface area (Å²) in [5, 5.41) is 3.52. The average Bonchev–Trinajstić information content (AvgIpc) is 3.23. The van der Waals surface area contributed by atoms with E-state index >= 15 is 0 Å². The second-order valence-electron chi connectivity index (χ2n) is 10.4. The number of rotatable bonds is 11. The number of piperidine rings is 1. The summed E-state index contributed by atoms with van der Waals surface area (Å²) in [5.41, 5.74) is 1.64. The molecule has 0 bridgehead atoms. The fourth-order valence-corrected chi connectivity index (χ4v) is 5.30. The van der Waals surface area contributed by atoms with Gasteiger partial charge in [0.1, 0.15) is 6.33 Å². The minimum absolute atomic E-state index is 0.00537. The van der Waals surface area contributed by atoms with Crippen LogP contribution in [0.25, 0.3) is 11.2 Å². The molecule has 1 fully saturated rings. The summed E-state index contributed by atoms with van der Waals surface area (Å²) >= 11 is 0. The number of carbonyl (C=O) groups is 1. The van der Waals surface area contributed by atoms with Crippen molar-refractivity contribution in [1.29, 1.82) is 0 Å². The Bertz CT molecular complexity index is 958. The first kappa shape index (κ1) is 27.2. The quantitative estimate of drug-likeness (QED) is 0.514. The lowest BCUT2D eigenvalue weighted by atomic mass is 9.96. The molecule has 196 valence electrons. The summed E-state index contributed by atoms with van der Waals surface area (Å²) in [6.07, 6.45) is 3.54. The fraction of sp³-hybridized carbons (Fsp3) is 0.769. The van der Waals surface area contributed by atoms with Gasteiger partial charge < -0.3 is 15.1 Å². The third-order valence-electron chi connectivity index (χ3n) is 7.09. The van der Waals surface area contributed by atoms with E-state index in [-0.39, 0.29) is 17.9 Å². The first-order valence-electron chi connectivity index (χ1n) is 13.5. The van der Waals surface area contributed by atoms with Gasteiger partial charge in [-0.05, 0) is 68.2 Å². The van der Waals surface area contributed by atoms with Crippen LogP contribution in [0.3, 0.4) is 0 Å². The van der Waals surface area contributed by atoms with Crippen LogP contribution in [0.4, 0.5) is 11.8 Å². The molecule has 2 aromatic heterocycles. The number of imidazole rings is 1. The normalized spacial score (nSPS) is 16.8. The Kier molecular flexibility index (Phi) is 9.33. The van der Waals surface area contributed by atoms with Gasteiger partial charge in [0, 0.05) is 57.4 Å². The number of hydrogen-bond acceptors (Lipinski definition) is 7. The number of nitrogens with zero attached hydrogens (tertiary/aromatic N) is 7. The molecule has 1 atom stereocenters. The van der Waals surface area contributed by atoms with Crippen molar-refractivity contribution in [1.82, 2.24) is 29.3 Å². The molecule has 1 aliphatic rings. The van der Waals surface area contributed by atoms with Gasteiger partial charge in [0.15, 0.2) is 17.0 Å². The lowest BCUT2D eigenvalue weighted by Crippen LogP contribution is -2.45. The van der Waals surface area contributed by atoms with Crippen molar-refractivity contribution >= 4 is 28.8 Å². The summed E-state index contributed by atoms with van der Waals surface area (Å²) in [7, 11) is 0. The molecule has 0 aromatic carbocycles. The van der Waals surface area contributed by atoms with Crippen LogP contribution in [0.2, 0.25) is 0 Å². The van der Waals surface area contributed by atoms with Crippen LogP contribution < -0.4 is 10.2 Å². The van der Waals surface area contributed by atoms with E-state index in [9.17, 15) is 4.79 Å². The molecule has 0 spiro atoms. The van der Waals surface area contributed by atoms with Gasteiger partial charge in [0.05, 0.1) is 5.92 Å². The highest BCUT2D eigenvalue weighted by molar-refractivity contribution is 5.86. The molecular weight excluding hydrogens is 440 g/mol. The Morgan fingerprint density at radius 1 is 1.11 bits per heavy atom. The topological polar surface area (TPSA) is 82.4 Å². The molecule has 9 nitrogen and oxygen atoms in total. The average molecular weight is 487 g/mol. The molecule has 1 aliphatic heterocycles. The standard InChI is InChI=1S/C26H46N8O/c1-9-31(10-2)25(35)21-12-11-14-32(16-21)26-30-22-23(27-13-15-33(18(3)4)19(5)6)28-17-29-24(22)34(26)20(7)8/h17-21H,9-16H2,1-8H3,(H,27,28,29). The van der Waals surface area contributed by atoms with Gasteiger partial charge in [-0.1, -0.05) is 0 Å². The summed E-state index contributed by atoms with van der Waals surface area (Å²) in [4.78, 5) is 34.0. The van der Waals surface area contributed by atoms with Crippen LogP contribution in [-0.2, 0) is 4.79 Å². The van der Waals surface area contributed by atoms with Crippen molar-refractivity contribution in [3.63, 3.8) is 0 Å². The molecule has 1 N–H and O–H groups in total. The highest BCUT2D eigenvalue weighted by Crippen LogP contribution is 2.31. The van der Waals surface area contributed by atoms with Crippen LogP contribution in [0.15, 0.2) is 6.33 Å². The van der Waals surface area contributed by atoms with Gasteiger partial charge in [-0.25, -0.2) is 15.0 Å². The van der Waals surface area contributed by atoms with Gasteiger partial charge in [0.25, 0.3) is 0 Å². The molecule has 9 heteroatoms. The zero-order valence-electron chi connectivity index (χ0n) is 23.1. The number of hydrogen-bond donors (Lipinski definition) is 1. The molecular formula is C26H46N8O. The smallest absolute Gasteiger partial charge is 0.227 e. The summed E-state index contributed by atoms with van der Waals surface area (Å²) in [6.45, 7) is 22.2. The second-order valence-corrected chi connectivity index (χ2v) is 10.4. The van der Waals surface area contributed by atoms with E-state index in [1.807, 2.05) is 4.90 Å². The second kappa shape index (κ2) is 12.0. The van der Waals surface area contributed by atoms with Crippen LogP contribution in [0, 0.1) is 5.92 Å². The van der Waals surface area contributed by atoms with Crippen molar-refractivity contribution in [2.45, 2.75) is 86.4 Å². The number of anilines is 2. The molecule has 35 heavy (non-hydrogen) atoms. The number of carbonyl (C=O) groups excluding carboxylic acids is 1. The Morgan fingerprint density at radius 2 is 1.80 bits per heavy atom. The molecule has 1 amide bonds. The van der Waals surface area contributed by atoms with Crippen LogP contribution in [0.5, 0.6) is 0 Å². The zero-order chi connectivity index (χ0) is 25.7. The highest BCUT2D eigenvalue weighted by Gasteiger charge is 2.31. The van der Waals surface area contributed by atoms with E-state index in [4.69, 9.17) is 4.98 Å². The minimum atomic E-state index is 0.00537. The summed E-state index contributed by atoms with van der Waals surface area (Å²) < 4.78 is 2.20. The van der Waals surface area contributed by atoms with Crippen molar-refractivity contribution in [3.8, 4) is 0 Å². The third-order valence-corrected chi connectivity index (χ3v) is 7.09. The zero-order valence-corrected chi connectivity index (χ0v) is 23.1. The predicted octanol–water partition coefficient (Wildman–Crippen LogP) is 4.02. The van der Waals surface area contributed by atoms with Gasteiger partial charge in [-0.15, -0.1) is 0 Å². The monoisotopic (exact) mass is 486 g/mol. The predicted molar refractivity (Wildman–Crippen MR) is 144 cm³/mol. The fourth-order valence-electron chi connectivity index (χ4n) is 5.30. The highest BCUT2D eigenvalue weighted by atomic mass is 16.2. The summed E-state index contributed by atoms with van der Waals surface area (Å²) in [5.74, 6) is 1.93. The third kappa shape index (κ3) is 6.05. The molecule has 3 heterocycles. The molecule has 2 aromatic rings. The molecule has 0 radical (unpaired) electrons. The minimum Gasteiger partial charge on any atom is -0.367 e. The number of nitrogens with one attached hydrogen (secondary N) is 1. The number of amides is 1. The Labute approximate surface area is 211 Å². The maximum atomic E-state index is 13.1. The van der Waals surface area contributed by atoms with Crippen molar-refractivity contribution < 1.29 is 4.79 Å². The molecule has 1 saturated heterocycles. The van der Waals surface area contributed by atoms with E-state index in [0.717, 1.165) is 68.5 Å². The maximum Gasteiger partial charge on any atom is 0.227 e. The van der Waals surface area contributed by atoms with E-state index < -0.39 is 0 Å². The van der Waals surface area contributed by atoms with Gasteiger partial charge in [-0.3, -0.25) is 14.3 Å².